The largest absolute Gasteiger partial charge is 0.300 e. The summed E-state index contributed by atoms with van der Waals surface area (Å²) in [5.74, 6) is 0. The third-order valence-corrected chi connectivity index (χ3v) is 6.19. The zero-order chi connectivity index (χ0) is 17.2. The molecule has 0 aliphatic carbocycles. The number of hydrogen-bond donors (Lipinski definition) is 0. The van der Waals surface area contributed by atoms with Crippen LogP contribution < -0.4 is 0 Å². The second kappa shape index (κ2) is 6.95. The van der Waals surface area contributed by atoms with Crippen LogP contribution in [0.25, 0.3) is 21.3 Å². The second-order valence-electron chi connectivity index (χ2n) is 6.72. The number of rotatable bonds is 4. The molecular weight excluding hydrogens is 326 g/mol. The molecular formula is C21H21N3S. The summed E-state index contributed by atoms with van der Waals surface area (Å²) in [4.78, 5) is 7.42. The molecule has 4 rings (SSSR count). The summed E-state index contributed by atoms with van der Waals surface area (Å²) >= 11 is 1.79. The van der Waals surface area contributed by atoms with E-state index in [2.05, 4.69) is 36.1 Å². The molecule has 126 valence electrons. The number of nitriles is 1. The lowest BCUT2D eigenvalue weighted by atomic mass is 10.0. The molecule has 1 aliphatic heterocycles. The molecule has 1 fully saturated rings. The van der Waals surface area contributed by atoms with Gasteiger partial charge in [-0.25, -0.2) is 4.98 Å². The lowest BCUT2D eigenvalue weighted by molar-refractivity contribution is 0.272. The van der Waals surface area contributed by atoms with Gasteiger partial charge >= 0.3 is 0 Å². The van der Waals surface area contributed by atoms with Gasteiger partial charge in [0, 0.05) is 19.0 Å². The van der Waals surface area contributed by atoms with Crippen molar-refractivity contribution in [2.45, 2.75) is 32.2 Å². The average molecular weight is 347 g/mol. The molecule has 4 heteroatoms. The van der Waals surface area contributed by atoms with E-state index in [1.165, 1.54) is 29.1 Å². The van der Waals surface area contributed by atoms with E-state index in [-0.39, 0.29) is 0 Å². The molecule has 0 amide bonds. The predicted octanol–water partition coefficient (Wildman–Crippen LogP) is 4.86. The molecule has 2 aromatic carbocycles. The van der Waals surface area contributed by atoms with Gasteiger partial charge < -0.3 is 4.90 Å². The predicted molar refractivity (Wildman–Crippen MR) is 104 cm³/mol. The van der Waals surface area contributed by atoms with Crippen molar-refractivity contribution in [3.05, 3.63) is 53.0 Å². The SMILES string of the molecule is CC1CCCN1CCc1nc2cc(-c3ccccc3C#N)ccc2s1. The molecule has 3 aromatic rings. The van der Waals surface area contributed by atoms with Gasteiger partial charge in [0.15, 0.2) is 0 Å². The fourth-order valence-electron chi connectivity index (χ4n) is 3.65. The van der Waals surface area contributed by atoms with Gasteiger partial charge in [-0.3, -0.25) is 0 Å². The van der Waals surface area contributed by atoms with Crippen molar-refractivity contribution in [3.8, 4) is 17.2 Å². The van der Waals surface area contributed by atoms with Gasteiger partial charge in [0.2, 0.25) is 0 Å². The highest BCUT2D eigenvalue weighted by Gasteiger charge is 2.20. The Bertz CT molecular complexity index is 938. The van der Waals surface area contributed by atoms with Crippen LogP contribution in [-0.4, -0.2) is 29.0 Å². The summed E-state index contributed by atoms with van der Waals surface area (Å²) in [5.41, 5.74) is 3.79. The Labute approximate surface area is 152 Å². The van der Waals surface area contributed by atoms with Crippen LogP contribution >= 0.6 is 11.3 Å². The first-order valence-corrected chi connectivity index (χ1v) is 9.69. The Morgan fingerprint density at radius 1 is 1.28 bits per heavy atom. The maximum Gasteiger partial charge on any atom is 0.0998 e. The Balaban J connectivity index is 1.58. The summed E-state index contributed by atoms with van der Waals surface area (Å²) in [7, 11) is 0. The second-order valence-corrected chi connectivity index (χ2v) is 7.84. The molecule has 0 radical (unpaired) electrons. The third-order valence-electron chi connectivity index (χ3n) is 5.09. The minimum Gasteiger partial charge on any atom is -0.300 e. The molecule has 0 bridgehead atoms. The van der Waals surface area contributed by atoms with E-state index in [4.69, 9.17) is 4.98 Å². The number of aromatic nitrogens is 1. The Morgan fingerprint density at radius 2 is 2.16 bits per heavy atom. The molecule has 3 nitrogen and oxygen atoms in total. The number of likely N-dealkylation sites (tertiary alicyclic amines) is 1. The lowest BCUT2D eigenvalue weighted by Gasteiger charge is -2.19. The topological polar surface area (TPSA) is 39.9 Å². The van der Waals surface area contributed by atoms with E-state index >= 15 is 0 Å². The molecule has 0 saturated carbocycles. The van der Waals surface area contributed by atoms with Crippen molar-refractivity contribution in [1.29, 1.82) is 5.26 Å². The molecule has 1 aliphatic rings. The molecule has 1 aromatic heterocycles. The van der Waals surface area contributed by atoms with E-state index in [1.54, 1.807) is 11.3 Å². The summed E-state index contributed by atoms with van der Waals surface area (Å²) < 4.78 is 1.22. The molecule has 1 unspecified atom stereocenters. The fourth-order valence-corrected chi connectivity index (χ4v) is 4.58. The molecule has 1 atom stereocenters. The highest BCUT2D eigenvalue weighted by Crippen LogP contribution is 2.30. The molecule has 0 N–H and O–H groups in total. The summed E-state index contributed by atoms with van der Waals surface area (Å²) in [6, 6.07) is 17.1. The number of nitrogens with zero attached hydrogens (tertiary/aromatic N) is 3. The Hall–Kier alpha value is -2.22. The van der Waals surface area contributed by atoms with Gasteiger partial charge in [-0.2, -0.15) is 5.26 Å². The normalized spacial score (nSPS) is 17.8. The maximum atomic E-state index is 9.32. The first kappa shape index (κ1) is 16.3. The quantitative estimate of drug-likeness (QED) is 0.676. The summed E-state index contributed by atoms with van der Waals surface area (Å²) in [6.07, 6.45) is 3.66. The van der Waals surface area contributed by atoms with Crippen molar-refractivity contribution < 1.29 is 0 Å². The van der Waals surface area contributed by atoms with E-state index in [1.807, 2.05) is 24.3 Å². The third kappa shape index (κ3) is 3.30. The Kier molecular flexibility index (Phi) is 4.52. The van der Waals surface area contributed by atoms with Crippen LogP contribution in [0.3, 0.4) is 0 Å². The van der Waals surface area contributed by atoms with Crippen LogP contribution in [0.5, 0.6) is 0 Å². The number of benzene rings is 2. The zero-order valence-corrected chi connectivity index (χ0v) is 15.2. The van der Waals surface area contributed by atoms with E-state index < -0.39 is 0 Å². The molecule has 2 heterocycles. The van der Waals surface area contributed by atoms with Crippen LogP contribution in [0.15, 0.2) is 42.5 Å². The first-order valence-electron chi connectivity index (χ1n) is 8.87. The van der Waals surface area contributed by atoms with E-state index in [9.17, 15) is 5.26 Å². The summed E-state index contributed by atoms with van der Waals surface area (Å²) in [6.45, 7) is 4.65. The average Bonchev–Trinajstić information content (AvgIpc) is 3.24. The highest BCUT2D eigenvalue weighted by molar-refractivity contribution is 7.18. The molecule has 1 saturated heterocycles. The smallest absolute Gasteiger partial charge is 0.0998 e. The van der Waals surface area contributed by atoms with Gasteiger partial charge in [-0.05, 0) is 55.6 Å². The van der Waals surface area contributed by atoms with Crippen LogP contribution in [0.1, 0.15) is 30.3 Å². The van der Waals surface area contributed by atoms with Gasteiger partial charge in [0.1, 0.15) is 0 Å². The standard InChI is InChI=1S/C21H21N3S/c1-15-5-4-11-24(15)12-10-21-23-19-13-16(8-9-20(19)25-21)18-7-3-2-6-17(18)14-22/h2-3,6-9,13,15H,4-5,10-12H2,1H3. The van der Waals surface area contributed by atoms with Crippen molar-refractivity contribution in [2.75, 3.05) is 13.1 Å². The number of thiazole rings is 1. The highest BCUT2D eigenvalue weighted by atomic mass is 32.1. The van der Waals surface area contributed by atoms with E-state index in [0.29, 0.717) is 11.6 Å². The van der Waals surface area contributed by atoms with Crippen molar-refractivity contribution in [3.63, 3.8) is 0 Å². The van der Waals surface area contributed by atoms with Crippen molar-refractivity contribution in [2.24, 2.45) is 0 Å². The van der Waals surface area contributed by atoms with Crippen molar-refractivity contribution >= 4 is 21.6 Å². The van der Waals surface area contributed by atoms with Crippen LogP contribution in [0, 0.1) is 11.3 Å². The van der Waals surface area contributed by atoms with Crippen molar-refractivity contribution in [1.82, 2.24) is 9.88 Å². The lowest BCUT2D eigenvalue weighted by Crippen LogP contribution is -2.28. The van der Waals surface area contributed by atoms with Crippen LogP contribution in [0.2, 0.25) is 0 Å². The molecule has 0 spiro atoms. The minimum atomic E-state index is 0.709. The van der Waals surface area contributed by atoms with Gasteiger partial charge in [0.25, 0.3) is 0 Å². The Morgan fingerprint density at radius 3 is 2.96 bits per heavy atom. The van der Waals surface area contributed by atoms with Gasteiger partial charge in [0.05, 0.1) is 26.9 Å². The molecule has 25 heavy (non-hydrogen) atoms. The fraction of sp³-hybridized carbons (Fsp3) is 0.333. The summed E-state index contributed by atoms with van der Waals surface area (Å²) in [5, 5.41) is 10.5. The van der Waals surface area contributed by atoms with Crippen LogP contribution in [-0.2, 0) is 6.42 Å². The minimum absolute atomic E-state index is 0.709. The number of fused-ring (bicyclic) bond motifs is 1. The van der Waals surface area contributed by atoms with Gasteiger partial charge in [-0.15, -0.1) is 11.3 Å². The monoisotopic (exact) mass is 347 g/mol. The van der Waals surface area contributed by atoms with Gasteiger partial charge in [-0.1, -0.05) is 24.3 Å². The van der Waals surface area contributed by atoms with E-state index in [0.717, 1.165) is 29.6 Å². The zero-order valence-electron chi connectivity index (χ0n) is 14.4. The van der Waals surface area contributed by atoms with Crippen LogP contribution in [0.4, 0.5) is 0 Å². The first-order chi connectivity index (χ1) is 12.2. The maximum absolute atomic E-state index is 9.32. The number of hydrogen-bond acceptors (Lipinski definition) is 4.